The summed E-state index contributed by atoms with van der Waals surface area (Å²) in [6, 6.07) is 11.8. The van der Waals surface area contributed by atoms with Gasteiger partial charge >= 0.3 is 0 Å². The summed E-state index contributed by atoms with van der Waals surface area (Å²) in [5.74, 6) is 0.754. The molecule has 0 bridgehead atoms. The van der Waals surface area contributed by atoms with Crippen molar-refractivity contribution in [2.24, 2.45) is 14.1 Å². The molecule has 2 aromatic carbocycles. The molecule has 1 unspecified atom stereocenters. The molecule has 1 atom stereocenters. The Morgan fingerprint density at radius 1 is 1.13 bits per heavy atom. The molecule has 0 aliphatic carbocycles. The molecule has 156 valence electrons. The second-order valence-corrected chi connectivity index (χ2v) is 8.36. The lowest BCUT2D eigenvalue weighted by Crippen LogP contribution is -2.35. The van der Waals surface area contributed by atoms with Crippen molar-refractivity contribution in [2.75, 3.05) is 7.11 Å². The Morgan fingerprint density at radius 2 is 1.87 bits per heavy atom. The van der Waals surface area contributed by atoms with Crippen LogP contribution in [0.2, 0.25) is 5.02 Å². The number of amides is 1. The quantitative estimate of drug-likeness (QED) is 0.491. The van der Waals surface area contributed by atoms with Gasteiger partial charge in [0.1, 0.15) is 11.4 Å². The van der Waals surface area contributed by atoms with Gasteiger partial charge in [0.25, 0.3) is 5.91 Å². The van der Waals surface area contributed by atoms with Crippen LogP contribution in [0, 0.1) is 6.92 Å². The van der Waals surface area contributed by atoms with Crippen molar-refractivity contribution >= 4 is 39.3 Å². The number of halogens is 1. The molecule has 2 heterocycles. The first kappa shape index (κ1) is 20.4. The number of nitrogens with one attached hydrogen (secondary N) is 1. The summed E-state index contributed by atoms with van der Waals surface area (Å²) in [6.45, 7) is 4.00. The molecule has 0 aliphatic rings. The number of methoxy groups -OCH3 is 1. The largest absolute Gasteiger partial charge is 0.497 e. The van der Waals surface area contributed by atoms with E-state index >= 15 is 0 Å². The predicted octanol–water partition coefficient (Wildman–Crippen LogP) is 5.00. The fourth-order valence-electron chi connectivity index (χ4n) is 4.34. The van der Waals surface area contributed by atoms with Crippen LogP contribution in [0.4, 0.5) is 0 Å². The summed E-state index contributed by atoms with van der Waals surface area (Å²) in [4.78, 5) is 13.1. The monoisotopic (exact) mass is 423 g/mol. The van der Waals surface area contributed by atoms with Crippen molar-refractivity contribution in [1.82, 2.24) is 14.5 Å². The number of carbonyl (C=O) groups excluding carboxylic acids is 1. The summed E-state index contributed by atoms with van der Waals surface area (Å²) in [5, 5.41) is 5.99. The Kier molecular flexibility index (Phi) is 5.24. The highest BCUT2D eigenvalue weighted by atomic mass is 35.5. The first-order chi connectivity index (χ1) is 14.3. The second-order valence-electron chi connectivity index (χ2n) is 7.92. The third-order valence-corrected chi connectivity index (χ3v) is 6.05. The van der Waals surface area contributed by atoms with Gasteiger partial charge in [0, 0.05) is 53.2 Å². The van der Waals surface area contributed by atoms with Gasteiger partial charge in [-0.05, 0) is 67.8 Å². The molecule has 0 saturated heterocycles. The van der Waals surface area contributed by atoms with Gasteiger partial charge in [-0.1, -0.05) is 11.6 Å². The minimum Gasteiger partial charge on any atom is -0.497 e. The smallest absolute Gasteiger partial charge is 0.268 e. The molecule has 0 radical (unpaired) electrons. The van der Waals surface area contributed by atoms with E-state index in [9.17, 15) is 4.79 Å². The van der Waals surface area contributed by atoms with Crippen molar-refractivity contribution in [2.45, 2.75) is 26.3 Å². The molecule has 0 saturated carbocycles. The first-order valence-corrected chi connectivity index (χ1v) is 10.3. The van der Waals surface area contributed by atoms with E-state index in [1.165, 1.54) is 5.56 Å². The number of benzene rings is 2. The van der Waals surface area contributed by atoms with Crippen LogP contribution in [0.3, 0.4) is 0 Å². The number of carbonyl (C=O) groups is 1. The summed E-state index contributed by atoms with van der Waals surface area (Å²) in [6.07, 6.45) is 2.85. The van der Waals surface area contributed by atoms with Crippen molar-refractivity contribution in [3.8, 4) is 5.75 Å². The lowest BCUT2D eigenvalue weighted by molar-refractivity contribution is 0.0931. The third-order valence-electron chi connectivity index (χ3n) is 5.81. The molecule has 0 aliphatic heterocycles. The SMILES string of the molecule is COc1ccc2c(c1)c(CC(C)NC(=O)c1c(C)c3cc(Cl)ccc3n1C)cn2C. The van der Waals surface area contributed by atoms with Gasteiger partial charge in [-0.3, -0.25) is 4.79 Å². The molecular formula is C24H26ClN3O2. The lowest BCUT2D eigenvalue weighted by Gasteiger charge is -2.15. The Labute approximate surface area is 181 Å². The van der Waals surface area contributed by atoms with E-state index < -0.39 is 0 Å². The average molecular weight is 424 g/mol. The highest BCUT2D eigenvalue weighted by Crippen LogP contribution is 2.28. The molecule has 30 heavy (non-hydrogen) atoms. The van der Waals surface area contributed by atoms with Crippen LogP contribution in [0.25, 0.3) is 21.8 Å². The van der Waals surface area contributed by atoms with Crippen molar-refractivity contribution < 1.29 is 9.53 Å². The molecule has 6 heteroatoms. The molecule has 0 fully saturated rings. The Morgan fingerprint density at radius 3 is 2.60 bits per heavy atom. The number of nitrogens with zero attached hydrogens (tertiary/aromatic N) is 2. The summed E-state index contributed by atoms with van der Waals surface area (Å²) in [5.41, 5.74) is 4.93. The van der Waals surface area contributed by atoms with E-state index in [4.69, 9.17) is 16.3 Å². The predicted molar refractivity (Wildman–Crippen MR) is 123 cm³/mol. The second kappa shape index (κ2) is 7.73. The molecule has 2 aromatic heterocycles. The highest BCUT2D eigenvalue weighted by Gasteiger charge is 2.20. The van der Waals surface area contributed by atoms with E-state index in [1.54, 1.807) is 7.11 Å². The van der Waals surface area contributed by atoms with Crippen LogP contribution in [-0.2, 0) is 20.5 Å². The molecule has 4 rings (SSSR count). The number of rotatable bonds is 5. The third kappa shape index (κ3) is 3.43. The van der Waals surface area contributed by atoms with Gasteiger partial charge in [0.2, 0.25) is 0 Å². The highest BCUT2D eigenvalue weighted by molar-refractivity contribution is 6.31. The van der Waals surface area contributed by atoms with Gasteiger partial charge in [0.15, 0.2) is 0 Å². The number of hydrogen-bond donors (Lipinski definition) is 1. The summed E-state index contributed by atoms with van der Waals surface area (Å²) < 4.78 is 9.43. The number of ether oxygens (including phenoxy) is 1. The van der Waals surface area contributed by atoms with Gasteiger partial charge < -0.3 is 19.2 Å². The Hall–Kier alpha value is -2.92. The van der Waals surface area contributed by atoms with Gasteiger partial charge in [-0.25, -0.2) is 0 Å². The summed E-state index contributed by atoms with van der Waals surface area (Å²) >= 11 is 6.16. The molecule has 4 aromatic rings. The Balaban J connectivity index is 1.59. The minimum absolute atomic E-state index is 0.0321. The number of fused-ring (bicyclic) bond motifs is 2. The van der Waals surface area contributed by atoms with Crippen LogP contribution in [0.15, 0.2) is 42.6 Å². The normalized spacial score (nSPS) is 12.5. The average Bonchev–Trinajstić information content (AvgIpc) is 3.14. The van der Waals surface area contributed by atoms with E-state index in [2.05, 4.69) is 28.2 Å². The van der Waals surface area contributed by atoms with Crippen LogP contribution in [0.5, 0.6) is 5.75 Å². The fraction of sp³-hybridized carbons (Fsp3) is 0.292. The molecule has 1 N–H and O–H groups in total. The molecule has 1 amide bonds. The van der Waals surface area contributed by atoms with E-state index in [0.29, 0.717) is 10.7 Å². The van der Waals surface area contributed by atoms with Gasteiger partial charge in [-0.2, -0.15) is 0 Å². The summed E-state index contributed by atoms with van der Waals surface area (Å²) in [7, 11) is 5.62. The first-order valence-electron chi connectivity index (χ1n) is 9.97. The van der Waals surface area contributed by atoms with Gasteiger partial charge in [-0.15, -0.1) is 0 Å². The zero-order valence-corrected chi connectivity index (χ0v) is 18.7. The topological polar surface area (TPSA) is 48.2 Å². The maximum absolute atomic E-state index is 13.1. The molecular weight excluding hydrogens is 398 g/mol. The van der Waals surface area contributed by atoms with Gasteiger partial charge in [0.05, 0.1) is 7.11 Å². The van der Waals surface area contributed by atoms with Crippen LogP contribution in [0.1, 0.15) is 28.5 Å². The standard InChI is InChI=1S/C24H26ClN3O2/c1-14(10-16-13-27(3)21-9-7-18(30-5)12-20(16)21)26-24(29)23-15(2)19-11-17(25)6-8-22(19)28(23)4/h6-9,11-14H,10H2,1-5H3,(H,26,29). The van der Waals surface area contributed by atoms with Crippen LogP contribution >= 0.6 is 11.6 Å². The van der Waals surface area contributed by atoms with Crippen molar-refractivity contribution in [1.29, 1.82) is 0 Å². The lowest BCUT2D eigenvalue weighted by atomic mass is 10.1. The van der Waals surface area contributed by atoms with E-state index in [1.807, 2.05) is 56.8 Å². The molecule has 0 spiro atoms. The zero-order chi connectivity index (χ0) is 21.6. The number of aryl methyl sites for hydroxylation is 3. The van der Waals surface area contributed by atoms with Crippen molar-refractivity contribution in [3.63, 3.8) is 0 Å². The number of aromatic nitrogens is 2. The minimum atomic E-state index is -0.0763. The Bertz CT molecular complexity index is 1270. The number of hydrogen-bond acceptors (Lipinski definition) is 2. The van der Waals surface area contributed by atoms with Crippen LogP contribution in [-0.4, -0.2) is 28.2 Å². The van der Waals surface area contributed by atoms with Crippen molar-refractivity contribution in [3.05, 3.63) is 64.4 Å². The van der Waals surface area contributed by atoms with Crippen LogP contribution < -0.4 is 10.1 Å². The maximum Gasteiger partial charge on any atom is 0.268 e. The fourth-order valence-corrected chi connectivity index (χ4v) is 4.51. The van der Waals surface area contributed by atoms with E-state index in [0.717, 1.165) is 39.5 Å². The van der Waals surface area contributed by atoms with E-state index in [-0.39, 0.29) is 11.9 Å². The molecule has 5 nitrogen and oxygen atoms in total. The maximum atomic E-state index is 13.1. The zero-order valence-electron chi connectivity index (χ0n) is 17.9.